The molecule has 0 saturated heterocycles. The maximum atomic E-state index is 11.9. The molecule has 2 aromatic rings. The van der Waals surface area contributed by atoms with Crippen molar-refractivity contribution in [3.05, 3.63) is 36.5 Å². The van der Waals surface area contributed by atoms with E-state index in [4.69, 9.17) is 0 Å². The number of aliphatic hydroxyl groups is 1. The molecule has 0 fully saturated rings. The number of aromatic nitrogens is 1. The highest BCUT2D eigenvalue weighted by Crippen LogP contribution is 2.14. The summed E-state index contributed by atoms with van der Waals surface area (Å²) in [7, 11) is 0. The molecule has 6 heteroatoms. The van der Waals surface area contributed by atoms with Gasteiger partial charge >= 0.3 is 0 Å². The van der Waals surface area contributed by atoms with Gasteiger partial charge in [-0.3, -0.25) is 20.4 Å². The molecule has 1 aromatic carbocycles. The molecule has 6 nitrogen and oxygen atoms in total. The number of hydrogen-bond acceptors (Lipinski definition) is 3. The Hall–Kier alpha value is -2.34. The Morgan fingerprint density at radius 3 is 2.55 bits per heavy atom. The molecule has 0 saturated carbocycles. The number of para-hydroxylation sites is 1. The number of nitrogens with zero attached hydrogens (tertiary/aromatic N) is 1. The second-order valence-corrected chi connectivity index (χ2v) is 5.61. The van der Waals surface area contributed by atoms with Gasteiger partial charge in [-0.15, -0.1) is 0 Å². The summed E-state index contributed by atoms with van der Waals surface area (Å²) in [5, 5.41) is 10.7. The fourth-order valence-electron chi connectivity index (χ4n) is 2.09. The van der Waals surface area contributed by atoms with E-state index >= 15 is 0 Å². The van der Waals surface area contributed by atoms with Gasteiger partial charge in [-0.25, -0.2) is 0 Å². The molecule has 0 aliphatic heterocycles. The fourth-order valence-corrected chi connectivity index (χ4v) is 2.09. The number of carbonyl (C=O) groups is 2. The molecule has 0 radical (unpaired) electrons. The van der Waals surface area contributed by atoms with Crippen LogP contribution in [0, 0.1) is 5.92 Å². The summed E-state index contributed by atoms with van der Waals surface area (Å²) in [5.41, 5.74) is 5.63. The number of hydrogen-bond donors (Lipinski definition) is 3. The maximum Gasteiger partial charge on any atom is 0.258 e. The van der Waals surface area contributed by atoms with Crippen LogP contribution in [0.15, 0.2) is 36.5 Å². The van der Waals surface area contributed by atoms with Crippen molar-refractivity contribution in [2.24, 2.45) is 5.92 Å². The van der Waals surface area contributed by atoms with Gasteiger partial charge in [0.2, 0.25) is 5.91 Å². The molecule has 1 aromatic heterocycles. The zero-order valence-electron chi connectivity index (χ0n) is 12.7. The molecule has 2 amide bonds. The minimum absolute atomic E-state index is 0.00677. The largest absolute Gasteiger partial charge is 0.392 e. The van der Waals surface area contributed by atoms with Gasteiger partial charge in [-0.2, -0.15) is 0 Å². The molecular weight excluding hydrogens is 282 g/mol. The highest BCUT2D eigenvalue weighted by atomic mass is 16.3. The Morgan fingerprint density at radius 2 is 1.82 bits per heavy atom. The Kier molecular flexibility index (Phi) is 5.16. The van der Waals surface area contributed by atoms with Crippen LogP contribution in [0.3, 0.4) is 0 Å². The summed E-state index contributed by atoms with van der Waals surface area (Å²) in [5.74, 6) is -0.742. The molecule has 0 aliphatic carbocycles. The predicted octanol–water partition coefficient (Wildman–Crippen LogP) is 1.20. The monoisotopic (exact) mass is 303 g/mol. The first-order valence-electron chi connectivity index (χ1n) is 7.27. The molecule has 1 heterocycles. The number of nitrogens with one attached hydrogen (secondary N) is 2. The van der Waals surface area contributed by atoms with Crippen LogP contribution < -0.4 is 10.9 Å². The minimum atomic E-state index is -0.717. The second kappa shape index (κ2) is 7.09. The van der Waals surface area contributed by atoms with Crippen LogP contribution >= 0.6 is 0 Å². The van der Waals surface area contributed by atoms with E-state index in [0.29, 0.717) is 0 Å². The van der Waals surface area contributed by atoms with Crippen LogP contribution in [0.2, 0.25) is 0 Å². The first kappa shape index (κ1) is 16.0. The molecule has 0 spiro atoms. The molecule has 1 unspecified atom stereocenters. The summed E-state index contributed by atoms with van der Waals surface area (Å²) in [4.78, 5) is 23.5. The number of hydrazine groups is 1. The van der Waals surface area contributed by atoms with Crippen molar-refractivity contribution in [3.8, 4) is 0 Å². The van der Waals surface area contributed by atoms with Crippen molar-refractivity contribution < 1.29 is 14.7 Å². The summed E-state index contributed by atoms with van der Waals surface area (Å²) < 4.78 is 1.81. The summed E-state index contributed by atoms with van der Waals surface area (Å²) >= 11 is 0. The van der Waals surface area contributed by atoms with E-state index in [-0.39, 0.29) is 24.8 Å². The highest BCUT2D eigenvalue weighted by molar-refractivity contribution is 5.85. The molecule has 3 N–H and O–H groups in total. The highest BCUT2D eigenvalue weighted by Gasteiger charge is 2.14. The Labute approximate surface area is 129 Å². The molecule has 2 rings (SSSR count). The van der Waals surface area contributed by atoms with Gasteiger partial charge in [0.15, 0.2) is 0 Å². The third-order valence-electron chi connectivity index (χ3n) is 3.50. The topological polar surface area (TPSA) is 83.4 Å². The lowest BCUT2D eigenvalue weighted by Gasteiger charge is -2.14. The number of carbonyl (C=O) groups excluding carboxylic acids is 2. The first-order chi connectivity index (χ1) is 10.5. The molecule has 1 atom stereocenters. The van der Waals surface area contributed by atoms with Crippen molar-refractivity contribution in [2.75, 3.05) is 0 Å². The van der Waals surface area contributed by atoms with Gasteiger partial charge in [-0.1, -0.05) is 32.0 Å². The molecule has 22 heavy (non-hydrogen) atoms. The second-order valence-electron chi connectivity index (χ2n) is 5.61. The average molecular weight is 303 g/mol. The van der Waals surface area contributed by atoms with Crippen molar-refractivity contribution in [2.45, 2.75) is 32.9 Å². The predicted molar refractivity (Wildman–Crippen MR) is 83.7 cm³/mol. The smallest absolute Gasteiger partial charge is 0.258 e. The summed E-state index contributed by atoms with van der Waals surface area (Å²) in [6.45, 7) is 3.77. The lowest BCUT2D eigenvalue weighted by atomic mass is 10.0. The Balaban J connectivity index is 1.84. The number of rotatable bonds is 5. The van der Waals surface area contributed by atoms with Gasteiger partial charge in [0.05, 0.1) is 12.5 Å². The molecule has 118 valence electrons. The first-order valence-corrected chi connectivity index (χ1v) is 7.27. The van der Waals surface area contributed by atoms with Crippen LogP contribution in [0.25, 0.3) is 10.9 Å². The summed E-state index contributed by atoms with van der Waals surface area (Å²) in [6.07, 6.45) is 1.07. The number of amides is 2. The molecular formula is C16H21N3O3. The van der Waals surface area contributed by atoms with E-state index in [2.05, 4.69) is 10.9 Å². The Bertz CT molecular complexity index is 663. The standard InChI is InChI=1S/C16H21N3O3/c1-11(2)14(20)9-15(21)17-18-16(22)10-19-8-7-12-5-3-4-6-13(12)19/h3-8,11,14,20H,9-10H2,1-2H3,(H,17,21)(H,18,22). The van der Waals surface area contributed by atoms with Crippen molar-refractivity contribution in [1.82, 2.24) is 15.4 Å². The van der Waals surface area contributed by atoms with E-state index < -0.39 is 12.0 Å². The van der Waals surface area contributed by atoms with Crippen molar-refractivity contribution in [1.29, 1.82) is 0 Å². The number of aliphatic hydroxyl groups excluding tert-OH is 1. The normalized spacial score (nSPS) is 12.4. The van der Waals surface area contributed by atoms with E-state index in [1.165, 1.54) is 0 Å². The molecule has 0 aliphatic rings. The maximum absolute atomic E-state index is 11.9. The van der Waals surface area contributed by atoms with Gasteiger partial charge in [0, 0.05) is 11.7 Å². The van der Waals surface area contributed by atoms with Crippen LogP contribution in [-0.4, -0.2) is 27.6 Å². The average Bonchev–Trinajstić information content (AvgIpc) is 2.88. The summed E-state index contributed by atoms with van der Waals surface area (Å²) in [6, 6.07) is 9.68. The Morgan fingerprint density at radius 1 is 1.14 bits per heavy atom. The van der Waals surface area contributed by atoms with Crippen LogP contribution in [0.1, 0.15) is 20.3 Å². The van der Waals surface area contributed by atoms with Crippen LogP contribution in [-0.2, 0) is 16.1 Å². The SMILES string of the molecule is CC(C)C(O)CC(=O)NNC(=O)Cn1ccc2ccccc21. The van der Waals surface area contributed by atoms with Gasteiger partial charge in [-0.05, 0) is 23.4 Å². The zero-order valence-corrected chi connectivity index (χ0v) is 12.7. The lowest BCUT2D eigenvalue weighted by Crippen LogP contribution is -2.44. The van der Waals surface area contributed by atoms with Crippen LogP contribution in [0.5, 0.6) is 0 Å². The van der Waals surface area contributed by atoms with E-state index in [1.807, 2.05) is 50.4 Å². The van der Waals surface area contributed by atoms with E-state index in [9.17, 15) is 14.7 Å². The molecule has 0 bridgehead atoms. The lowest BCUT2D eigenvalue weighted by molar-refractivity contribution is -0.130. The van der Waals surface area contributed by atoms with Crippen LogP contribution in [0.4, 0.5) is 0 Å². The van der Waals surface area contributed by atoms with E-state index in [1.54, 1.807) is 4.57 Å². The number of fused-ring (bicyclic) bond motifs is 1. The van der Waals surface area contributed by atoms with E-state index in [0.717, 1.165) is 10.9 Å². The minimum Gasteiger partial charge on any atom is -0.392 e. The fraction of sp³-hybridized carbons (Fsp3) is 0.375. The number of benzene rings is 1. The third kappa shape index (κ3) is 4.08. The third-order valence-corrected chi connectivity index (χ3v) is 3.50. The zero-order chi connectivity index (χ0) is 16.1. The van der Waals surface area contributed by atoms with Crippen molar-refractivity contribution >= 4 is 22.7 Å². The van der Waals surface area contributed by atoms with Crippen molar-refractivity contribution in [3.63, 3.8) is 0 Å². The van der Waals surface area contributed by atoms with Gasteiger partial charge in [0.25, 0.3) is 5.91 Å². The van der Waals surface area contributed by atoms with Gasteiger partial charge in [0.1, 0.15) is 6.54 Å². The quantitative estimate of drug-likeness (QED) is 0.726. The van der Waals surface area contributed by atoms with Gasteiger partial charge < -0.3 is 9.67 Å².